The van der Waals surface area contributed by atoms with Gasteiger partial charge in [0.05, 0.1) is 11.0 Å². The predicted molar refractivity (Wildman–Crippen MR) is 243 cm³/mol. The van der Waals surface area contributed by atoms with Gasteiger partial charge < -0.3 is 4.90 Å². The Kier molecular flexibility index (Phi) is 8.09. The van der Waals surface area contributed by atoms with Crippen molar-refractivity contribution in [3.8, 4) is 51.0 Å². The zero-order valence-electron chi connectivity index (χ0n) is 32.8. The minimum absolute atomic E-state index is 0.156. The first-order valence-electron chi connectivity index (χ1n) is 20.1. The normalized spacial score (nSPS) is 12.7. The van der Waals surface area contributed by atoms with Gasteiger partial charge in [0.25, 0.3) is 0 Å². The summed E-state index contributed by atoms with van der Waals surface area (Å²) in [4.78, 5) is 18.1. The van der Waals surface area contributed by atoms with E-state index >= 15 is 0 Å². The van der Waals surface area contributed by atoms with Gasteiger partial charge in [-0.15, -0.1) is 0 Å². The van der Waals surface area contributed by atoms with Crippen molar-refractivity contribution in [3.63, 3.8) is 0 Å². The molecule has 5 heteroatoms. The Balaban J connectivity index is 1.10. The molecule has 0 atom stereocenters. The van der Waals surface area contributed by atoms with Crippen molar-refractivity contribution in [1.29, 1.82) is 0 Å². The second-order valence-corrected chi connectivity index (χ2v) is 15.7. The summed E-state index contributed by atoms with van der Waals surface area (Å²) in [7, 11) is 0. The van der Waals surface area contributed by atoms with Crippen molar-refractivity contribution in [2.45, 2.75) is 19.3 Å². The topological polar surface area (TPSA) is 46.8 Å². The molecule has 59 heavy (non-hydrogen) atoms. The van der Waals surface area contributed by atoms with E-state index in [0.29, 0.717) is 17.6 Å². The molecule has 5 nitrogen and oxygen atoms in total. The maximum absolute atomic E-state index is 5.37. The van der Waals surface area contributed by atoms with Crippen LogP contribution < -0.4 is 4.90 Å². The van der Waals surface area contributed by atoms with Gasteiger partial charge in [-0.1, -0.05) is 166 Å². The van der Waals surface area contributed by atoms with Gasteiger partial charge in [0.15, 0.2) is 11.6 Å². The van der Waals surface area contributed by atoms with Gasteiger partial charge in [-0.3, -0.25) is 4.57 Å². The molecule has 0 bridgehead atoms. The molecule has 0 fully saturated rings. The summed E-state index contributed by atoms with van der Waals surface area (Å²) in [6.07, 6.45) is 0. The number of hydrogen-bond acceptors (Lipinski definition) is 4. The molecule has 0 N–H and O–H groups in total. The first-order valence-corrected chi connectivity index (χ1v) is 20.1. The van der Waals surface area contributed by atoms with Crippen LogP contribution in [0.2, 0.25) is 0 Å². The van der Waals surface area contributed by atoms with Crippen LogP contribution in [0.25, 0.3) is 72.8 Å². The third kappa shape index (κ3) is 5.73. The van der Waals surface area contributed by atoms with E-state index in [4.69, 9.17) is 15.0 Å². The van der Waals surface area contributed by atoms with Crippen LogP contribution in [0.15, 0.2) is 200 Å². The van der Waals surface area contributed by atoms with Crippen LogP contribution in [0.1, 0.15) is 25.0 Å². The lowest BCUT2D eigenvalue weighted by Crippen LogP contribution is -2.15. The molecule has 1 aliphatic rings. The molecule has 2 heterocycles. The smallest absolute Gasteiger partial charge is 0.238 e. The van der Waals surface area contributed by atoms with Crippen molar-refractivity contribution in [2.75, 3.05) is 4.90 Å². The van der Waals surface area contributed by atoms with E-state index in [1.165, 1.54) is 22.3 Å². The summed E-state index contributed by atoms with van der Waals surface area (Å²) in [6, 6.07) is 70.7. The second kappa shape index (κ2) is 13.8. The molecular formula is C54H39N5. The number of para-hydroxylation sites is 4. The first-order chi connectivity index (χ1) is 29.0. The van der Waals surface area contributed by atoms with Gasteiger partial charge in [-0.05, 0) is 76.3 Å². The average molecular weight is 758 g/mol. The van der Waals surface area contributed by atoms with Crippen LogP contribution in [0, 0.1) is 0 Å². The molecule has 280 valence electrons. The van der Waals surface area contributed by atoms with Gasteiger partial charge in [0.2, 0.25) is 5.95 Å². The van der Waals surface area contributed by atoms with Gasteiger partial charge in [0, 0.05) is 49.9 Å². The molecule has 0 aliphatic heterocycles. The number of rotatable bonds is 7. The molecule has 10 aromatic rings. The number of hydrogen-bond donors (Lipinski definition) is 0. The van der Waals surface area contributed by atoms with E-state index in [9.17, 15) is 0 Å². The molecule has 0 spiro atoms. The lowest BCUT2D eigenvalue weighted by molar-refractivity contribution is 0.660. The lowest BCUT2D eigenvalue weighted by Gasteiger charge is -2.25. The van der Waals surface area contributed by atoms with Gasteiger partial charge >= 0.3 is 0 Å². The first kappa shape index (κ1) is 34.6. The van der Waals surface area contributed by atoms with Gasteiger partial charge in [0.1, 0.15) is 0 Å². The van der Waals surface area contributed by atoms with Crippen LogP contribution in [-0.2, 0) is 5.41 Å². The van der Waals surface area contributed by atoms with E-state index in [1.807, 2.05) is 18.2 Å². The number of anilines is 3. The number of nitrogens with zero attached hydrogens (tertiary/aromatic N) is 5. The highest BCUT2D eigenvalue weighted by Gasteiger charge is 2.35. The molecule has 0 unspecified atom stereocenters. The van der Waals surface area contributed by atoms with Crippen LogP contribution in [-0.4, -0.2) is 19.5 Å². The van der Waals surface area contributed by atoms with Gasteiger partial charge in [-0.25, -0.2) is 4.98 Å². The minimum atomic E-state index is -0.156. The Bertz CT molecular complexity index is 3130. The van der Waals surface area contributed by atoms with E-state index in [-0.39, 0.29) is 5.41 Å². The monoisotopic (exact) mass is 757 g/mol. The third-order valence-corrected chi connectivity index (χ3v) is 11.9. The SMILES string of the molecule is CC1(C)c2ccccc2-c2ccc(-c3nc(-c4ccccc4)nc(-n4c5ccccc5c5cccc(-c6ccc(N(c7ccccc7)c7ccccc7)cc6)c54)n3)cc21. The molecule has 8 aromatic carbocycles. The fourth-order valence-corrected chi connectivity index (χ4v) is 9.00. The maximum atomic E-state index is 5.37. The van der Waals surface area contributed by atoms with Crippen molar-refractivity contribution in [1.82, 2.24) is 19.5 Å². The Morgan fingerprint density at radius 3 is 1.68 bits per heavy atom. The predicted octanol–water partition coefficient (Wildman–Crippen LogP) is 13.7. The van der Waals surface area contributed by atoms with Crippen LogP contribution in [0.4, 0.5) is 17.1 Å². The Hall–Kier alpha value is -7.63. The molecule has 0 saturated carbocycles. The molecule has 11 rings (SSSR count). The van der Waals surface area contributed by atoms with Crippen molar-refractivity contribution < 1.29 is 0 Å². The quantitative estimate of drug-likeness (QED) is 0.162. The summed E-state index contributed by atoms with van der Waals surface area (Å²) in [6.45, 7) is 4.62. The van der Waals surface area contributed by atoms with Crippen molar-refractivity contribution in [3.05, 3.63) is 211 Å². The van der Waals surface area contributed by atoms with Crippen LogP contribution >= 0.6 is 0 Å². The van der Waals surface area contributed by atoms with E-state index < -0.39 is 0 Å². The van der Waals surface area contributed by atoms with E-state index in [0.717, 1.165) is 61.1 Å². The zero-order valence-corrected chi connectivity index (χ0v) is 32.8. The van der Waals surface area contributed by atoms with Crippen LogP contribution in [0.5, 0.6) is 0 Å². The number of fused-ring (bicyclic) bond motifs is 6. The Morgan fingerprint density at radius 2 is 0.949 bits per heavy atom. The molecule has 2 aromatic heterocycles. The third-order valence-electron chi connectivity index (χ3n) is 11.9. The van der Waals surface area contributed by atoms with Crippen molar-refractivity contribution >= 4 is 38.9 Å². The fraction of sp³-hybridized carbons (Fsp3) is 0.0556. The summed E-state index contributed by atoms with van der Waals surface area (Å²) in [5.74, 6) is 1.84. The fourth-order valence-electron chi connectivity index (χ4n) is 9.00. The summed E-state index contributed by atoms with van der Waals surface area (Å²) in [5, 5.41) is 2.28. The summed E-state index contributed by atoms with van der Waals surface area (Å²) >= 11 is 0. The largest absolute Gasteiger partial charge is 0.311 e. The minimum Gasteiger partial charge on any atom is -0.311 e. The average Bonchev–Trinajstić information content (AvgIpc) is 3.76. The lowest BCUT2D eigenvalue weighted by atomic mass is 9.82. The van der Waals surface area contributed by atoms with E-state index in [2.05, 4.69) is 205 Å². The Morgan fingerprint density at radius 1 is 0.407 bits per heavy atom. The zero-order chi connectivity index (χ0) is 39.5. The van der Waals surface area contributed by atoms with E-state index in [1.54, 1.807) is 0 Å². The standard InChI is InChI=1S/C54H39N5/c1-54(2)47-27-14-12-23-43(47)44-34-31-38(35-48(44)54)52-55-51(37-17-6-3-7-18-37)56-53(57-52)59-49-28-15-13-24-45(49)46-26-16-25-42(50(46)59)36-29-32-41(33-30-36)58(39-19-8-4-9-20-39)40-21-10-5-11-22-40/h3-35H,1-2H3. The number of aromatic nitrogens is 4. The maximum Gasteiger partial charge on any atom is 0.238 e. The highest BCUT2D eigenvalue weighted by Crippen LogP contribution is 2.49. The van der Waals surface area contributed by atoms with Crippen molar-refractivity contribution in [2.24, 2.45) is 0 Å². The van der Waals surface area contributed by atoms with Gasteiger partial charge in [-0.2, -0.15) is 9.97 Å². The summed E-state index contributed by atoms with van der Waals surface area (Å²) in [5.41, 5.74) is 14.5. The van der Waals surface area contributed by atoms with Crippen LogP contribution in [0.3, 0.4) is 0 Å². The number of benzene rings is 8. The molecular weight excluding hydrogens is 719 g/mol. The molecule has 0 radical (unpaired) electrons. The molecule has 0 amide bonds. The molecule has 0 saturated heterocycles. The highest BCUT2D eigenvalue weighted by molar-refractivity contribution is 6.13. The second-order valence-electron chi connectivity index (χ2n) is 15.7. The summed E-state index contributed by atoms with van der Waals surface area (Å²) < 4.78 is 2.24. The highest BCUT2D eigenvalue weighted by atomic mass is 15.2. The Labute approximate surface area is 343 Å². The molecule has 1 aliphatic carbocycles.